The molecule has 3 N–H and O–H groups in total. The molecule has 2 aromatic heterocycles. The standard InChI is InChI=1S/C8H10N2O2.C7H9IN2/c11-8(12)7-5-3-1-2-4-6(5)9-10-7;8-7-5-3-1-2-4-6(5)9-10-7/h1-4H2,(H,9,10)(H,11,12);1-4H2,(H,9,10). The summed E-state index contributed by atoms with van der Waals surface area (Å²) in [5.41, 5.74) is 4.97. The molecule has 0 aromatic carbocycles. The molecule has 0 fully saturated rings. The topological polar surface area (TPSA) is 94.7 Å². The van der Waals surface area contributed by atoms with Crippen LogP contribution in [-0.4, -0.2) is 31.5 Å². The van der Waals surface area contributed by atoms with Crippen LogP contribution in [0.4, 0.5) is 0 Å². The smallest absolute Gasteiger partial charge is 0.356 e. The van der Waals surface area contributed by atoms with Crippen LogP contribution in [0.3, 0.4) is 0 Å². The highest BCUT2D eigenvalue weighted by Gasteiger charge is 2.20. The number of H-pyrrole nitrogens is 2. The maximum Gasteiger partial charge on any atom is 0.356 e. The van der Waals surface area contributed by atoms with Crippen LogP contribution < -0.4 is 0 Å². The third-order valence-corrected chi connectivity index (χ3v) is 5.16. The van der Waals surface area contributed by atoms with E-state index in [1.54, 1.807) is 0 Å². The Morgan fingerprint density at radius 3 is 2.09 bits per heavy atom. The lowest BCUT2D eigenvalue weighted by atomic mass is 9.96. The van der Waals surface area contributed by atoms with Gasteiger partial charge in [-0.1, -0.05) is 0 Å². The SMILES string of the molecule is Ic1n[nH]c2c1CCCC2.O=C(O)c1n[nH]c2c1CCCC2. The third kappa shape index (κ3) is 3.18. The van der Waals surface area contributed by atoms with Gasteiger partial charge in [0.05, 0.1) is 0 Å². The summed E-state index contributed by atoms with van der Waals surface area (Å²) in [6.45, 7) is 0. The average molecular weight is 414 g/mol. The van der Waals surface area contributed by atoms with Crippen molar-refractivity contribution in [3.63, 3.8) is 0 Å². The zero-order valence-electron chi connectivity index (χ0n) is 12.3. The van der Waals surface area contributed by atoms with Crippen molar-refractivity contribution in [3.8, 4) is 0 Å². The molecule has 0 radical (unpaired) electrons. The first-order valence-electron chi connectivity index (χ1n) is 7.68. The molecule has 2 aliphatic rings. The molecule has 0 saturated carbocycles. The highest BCUT2D eigenvalue weighted by atomic mass is 127. The van der Waals surface area contributed by atoms with Gasteiger partial charge in [0.25, 0.3) is 0 Å². The summed E-state index contributed by atoms with van der Waals surface area (Å²) >= 11 is 2.30. The molecule has 2 aromatic rings. The van der Waals surface area contributed by atoms with Gasteiger partial charge in [0.2, 0.25) is 0 Å². The van der Waals surface area contributed by atoms with Crippen LogP contribution in [0.25, 0.3) is 0 Å². The second kappa shape index (κ2) is 6.80. The van der Waals surface area contributed by atoms with Gasteiger partial charge in [-0.15, -0.1) is 0 Å². The fourth-order valence-electron chi connectivity index (χ4n) is 3.10. The van der Waals surface area contributed by atoms with Crippen LogP contribution in [0.5, 0.6) is 0 Å². The Labute approximate surface area is 142 Å². The first kappa shape index (κ1) is 15.5. The largest absolute Gasteiger partial charge is 0.476 e. The maximum absolute atomic E-state index is 10.7. The minimum absolute atomic E-state index is 0.213. The zero-order valence-corrected chi connectivity index (χ0v) is 14.4. The highest BCUT2D eigenvalue weighted by Crippen LogP contribution is 2.23. The van der Waals surface area contributed by atoms with Gasteiger partial charge < -0.3 is 5.11 Å². The normalized spacial score (nSPS) is 16.2. The fourth-order valence-corrected chi connectivity index (χ4v) is 3.81. The number of aromatic nitrogens is 4. The Morgan fingerprint density at radius 1 is 0.909 bits per heavy atom. The van der Waals surface area contributed by atoms with Crippen molar-refractivity contribution in [2.75, 3.05) is 0 Å². The summed E-state index contributed by atoms with van der Waals surface area (Å²) in [5.74, 6) is -0.922. The van der Waals surface area contributed by atoms with E-state index >= 15 is 0 Å². The van der Waals surface area contributed by atoms with Crippen molar-refractivity contribution in [2.24, 2.45) is 0 Å². The van der Waals surface area contributed by atoms with Crippen LogP contribution >= 0.6 is 22.6 Å². The lowest BCUT2D eigenvalue weighted by Gasteiger charge is -2.09. The molecule has 118 valence electrons. The van der Waals surface area contributed by atoms with E-state index in [0.717, 1.165) is 36.9 Å². The van der Waals surface area contributed by atoms with E-state index in [1.165, 1.54) is 40.6 Å². The first-order valence-corrected chi connectivity index (χ1v) is 8.75. The minimum atomic E-state index is -0.922. The van der Waals surface area contributed by atoms with Crippen LogP contribution in [0.1, 0.15) is 58.7 Å². The van der Waals surface area contributed by atoms with Gasteiger partial charge in [0.15, 0.2) is 5.69 Å². The van der Waals surface area contributed by atoms with E-state index in [4.69, 9.17) is 5.11 Å². The summed E-state index contributed by atoms with van der Waals surface area (Å²) in [6.07, 6.45) is 9.09. The van der Waals surface area contributed by atoms with Crippen LogP contribution in [-0.2, 0) is 25.7 Å². The molecule has 0 atom stereocenters. The molecule has 0 bridgehead atoms. The number of aromatic amines is 2. The van der Waals surface area contributed by atoms with Gasteiger partial charge in [0.1, 0.15) is 3.70 Å². The van der Waals surface area contributed by atoms with Gasteiger partial charge in [0, 0.05) is 22.5 Å². The molecule has 2 heterocycles. The number of rotatable bonds is 1. The quantitative estimate of drug-likeness (QED) is 0.626. The van der Waals surface area contributed by atoms with Gasteiger partial charge in [-0.05, 0) is 74.0 Å². The maximum atomic E-state index is 10.7. The molecular weight excluding hydrogens is 395 g/mol. The number of carbonyl (C=O) groups is 1. The van der Waals surface area contributed by atoms with Crippen LogP contribution in [0, 0.1) is 3.70 Å². The van der Waals surface area contributed by atoms with Crippen LogP contribution in [0.2, 0.25) is 0 Å². The number of hydrogen-bond donors (Lipinski definition) is 3. The summed E-state index contributed by atoms with van der Waals surface area (Å²) in [7, 11) is 0. The molecule has 7 heteroatoms. The van der Waals surface area contributed by atoms with Gasteiger partial charge in [-0.25, -0.2) is 4.79 Å². The molecule has 2 aliphatic carbocycles. The summed E-state index contributed by atoms with van der Waals surface area (Å²) < 4.78 is 1.17. The zero-order chi connectivity index (χ0) is 15.5. The Hall–Kier alpha value is -1.38. The highest BCUT2D eigenvalue weighted by molar-refractivity contribution is 14.1. The third-order valence-electron chi connectivity index (χ3n) is 4.26. The second-order valence-corrected chi connectivity index (χ2v) is 6.74. The fraction of sp³-hybridized carbons (Fsp3) is 0.533. The van der Waals surface area contributed by atoms with Crippen molar-refractivity contribution in [1.29, 1.82) is 0 Å². The van der Waals surface area contributed by atoms with Crippen LogP contribution in [0.15, 0.2) is 0 Å². The van der Waals surface area contributed by atoms with E-state index in [0.29, 0.717) is 0 Å². The summed E-state index contributed by atoms with van der Waals surface area (Å²) in [6, 6.07) is 0. The van der Waals surface area contributed by atoms with E-state index in [9.17, 15) is 4.79 Å². The summed E-state index contributed by atoms with van der Waals surface area (Å²) in [4.78, 5) is 10.7. The molecule has 0 aliphatic heterocycles. The summed E-state index contributed by atoms with van der Waals surface area (Å²) in [5, 5.41) is 22.5. The Balaban J connectivity index is 0.000000133. The second-order valence-electron chi connectivity index (χ2n) is 5.72. The predicted octanol–water partition coefficient (Wildman–Crippen LogP) is 2.88. The molecule has 0 spiro atoms. The van der Waals surface area contributed by atoms with E-state index < -0.39 is 5.97 Å². The Morgan fingerprint density at radius 2 is 1.45 bits per heavy atom. The molecule has 0 amide bonds. The van der Waals surface area contributed by atoms with Crippen molar-refractivity contribution in [1.82, 2.24) is 20.4 Å². The molecular formula is C15H19IN4O2. The number of aromatic carboxylic acids is 1. The number of carboxylic acid groups (broad SMARTS) is 1. The molecule has 6 nitrogen and oxygen atoms in total. The Kier molecular flexibility index (Phi) is 4.80. The van der Waals surface area contributed by atoms with Gasteiger partial charge >= 0.3 is 5.97 Å². The lowest BCUT2D eigenvalue weighted by molar-refractivity contribution is 0.0689. The molecule has 22 heavy (non-hydrogen) atoms. The number of hydrogen-bond acceptors (Lipinski definition) is 3. The van der Waals surface area contributed by atoms with Crippen molar-refractivity contribution in [2.45, 2.75) is 51.4 Å². The molecule has 4 rings (SSSR count). The van der Waals surface area contributed by atoms with Gasteiger partial charge in [-0.2, -0.15) is 10.2 Å². The first-order chi connectivity index (χ1) is 10.7. The number of nitrogens with one attached hydrogen (secondary N) is 2. The van der Waals surface area contributed by atoms with Crippen molar-refractivity contribution >= 4 is 28.6 Å². The average Bonchev–Trinajstić information content (AvgIpc) is 3.13. The number of halogens is 1. The van der Waals surface area contributed by atoms with Crippen molar-refractivity contribution < 1.29 is 9.90 Å². The molecule has 0 unspecified atom stereocenters. The number of nitrogens with zero attached hydrogens (tertiary/aromatic N) is 2. The molecule has 0 saturated heterocycles. The number of carboxylic acids is 1. The predicted molar refractivity (Wildman–Crippen MR) is 90.1 cm³/mol. The van der Waals surface area contributed by atoms with Crippen molar-refractivity contribution in [3.05, 3.63) is 31.9 Å². The van der Waals surface area contributed by atoms with Gasteiger partial charge in [-0.3, -0.25) is 10.2 Å². The van der Waals surface area contributed by atoms with E-state index in [-0.39, 0.29) is 5.69 Å². The minimum Gasteiger partial charge on any atom is -0.476 e. The van der Waals surface area contributed by atoms with E-state index in [2.05, 4.69) is 43.0 Å². The number of aryl methyl sites for hydroxylation is 2. The monoisotopic (exact) mass is 414 g/mol. The number of fused-ring (bicyclic) bond motifs is 2. The lowest BCUT2D eigenvalue weighted by Crippen LogP contribution is -2.06. The van der Waals surface area contributed by atoms with E-state index in [1.807, 2.05) is 0 Å². The Bertz CT molecular complexity index is 677.